The highest BCUT2D eigenvalue weighted by molar-refractivity contribution is 7.89. The van der Waals surface area contributed by atoms with Gasteiger partial charge in [0.1, 0.15) is 11.6 Å². The first-order valence-electron chi connectivity index (χ1n) is 11.1. The molecule has 0 aromatic heterocycles. The molecule has 0 bridgehead atoms. The molecule has 0 saturated heterocycles. The molecule has 1 heterocycles. The molecule has 15 heteroatoms. The van der Waals surface area contributed by atoms with E-state index in [0.717, 1.165) is 30.3 Å². The quantitative estimate of drug-likeness (QED) is 0.260. The summed E-state index contributed by atoms with van der Waals surface area (Å²) in [6, 6.07) is 5.65. The van der Waals surface area contributed by atoms with E-state index >= 15 is 4.39 Å². The van der Waals surface area contributed by atoms with Gasteiger partial charge in [0.15, 0.2) is 5.54 Å². The fraction of sp³-hybridized carbons (Fsp3) is 0.375. The first-order valence-corrected chi connectivity index (χ1v) is 12.9. The number of amides is 1. The molecular weight excluding hydrogens is 569 g/mol. The summed E-state index contributed by atoms with van der Waals surface area (Å²) in [6.45, 7) is -0.543. The Hall–Kier alpha value is -3.23. The lowest BCUT2D eigenvalue weighted by Crippen LogP contribution is -2.61. The van der Waals surface area contributed by atoms with E-state index in [1.165, 1.54) is 0 Å². The second-order valence-electron chi connectivity index (χ2n) is 8.70. The van der Waals surface area contributed by atoms with Crippen molar-refractivity contribution in [2.75, 3.05) is 12.9 Å². The third kappa shape index (κ3) is 6.50. The molecule has 0 aliphatic carbocycles. The number of carbonyl (C=O) groups is 1. The van der Waals surface area contributed by atoms with Crippen LogP contribution < -0.4 is 4.74 Å². The highest BCUT2D eigenvalue weighted by Gasteiger charge is 2.66. The summed E-state index contributed by atoms with van der Waals surface area (Å²) in [6.07, 6.45) is -15.1. The Kier molecular flexibility index (Phi) is 8.35. The molecule has 1 aliphatic heterocycles. The van der Waals surface area contributed by atoms with Gasteiger partial charge in [0.25, 0.3) is 12.3 Å². The van der Waals surface area contributed by atoms with Gasteiger partial charge >= 0.3 is 12.4 Å². The smallest absolute Gasteiger partial charge is 0.417 e. The van der Waals surface area contributed by atoms with E-state index in [1.807, 2.05) is 0 Å². The van der Waals surface area contributed by atoms with E-state index in [1.54, 1.807) is 0 Å². The number of carbonyl (C=O) groups excluding carboxylic acids is 1. The zero-order valence-corrected chi connectivity index (χ0v) is 20.7. The molecular formula is C24H20F9NO4S. The summed E-state index contributed by atoms with van der Waals surface area (Å²) in [4.78, 5) is 12.9. The largest absolute Gasteiger partial charge is 0.493 e. The summed E-state index contributed by atoms with van der Waals surface area (Å²) in [5, 5.41) is 0. The molecule has 214 valence electrons. The van der Waals surface area contributed by atoms with Gasteiger partial charge in [0.2, 0.25) is 10.0 Å². The highest BCUT2D eigenvalue weighted by atomic mass is 32.2. The predicted molar refractivity (Wildman–Crippen MR) is 121 cm³/mol. The van der Waals surface area contributed by atoms with E-state index in [4.69, 9.17) is 4.74 Å². The molecule has 1 atom stereocenters. The highest BCUT2D eigenvalue weighted by Crippen LogP contribution is 2.53. The molecule has 1 amide bonds. The average molecular weight is 589 g/mol. The number of hydrogen-bond donors (Lipinski definition) is 0. The van der Waals surface area contributed by atoms with Crippen LogP contribution in [-0.4, -0.2) is 43.8 Å². The Morgan fingerprint density at radius 1 is 1.03 bits per heavy atom. The average Bonchev–Trinajstić information content (AvgIpc) is 2.79. The lowest BCUT2D eigenvalue weighted by Gasteiger charge is -2.46. The normalized spacial score (nSPS) is 18.9. The van der Waals surface area contributed by atoms with Gasteiger partial charge in [-0.15, -0.1) is 0 Å². The minimum absolute atomic E-state index is 0.112. The standard InChI is InChI=1S/C24H20F9NO4S/c1-39(36,37)34-20(35)11-16(14-3-5-15(6-4-14)21(26)27)13-22(34,24(31,32)33)18-8-7-17(12-19(18)25)38-10-2-9-23(28,29)30/h3-8,11-12,21H,2,9-10,13H2,1H3. The van der Waals surface area contributed by atoms with E-state index in [-0.39, 0.29) is 5.56 Å². The van der Waals surface area contributed by atoms with Crippen molar-refractivity contribution in [3.63, 3.8) is 0 Å². The minimum Gasteiger partial charge on any atom is -0.493 e. The molecule has 0 N–H and O–H groups in total. The number of hydrogen-bond acceptors (Lipinski definition) is 4. The van der Waals surface area contributed by atoms with Crippen molar-refractivity contribution in [2.45, 2.75) is 43.6 Å². The summed E-state index contributed by atoms with van der Waals surface area (Å²) in [5.74, 6) is -3.72. The van der Waals surface area contributed by atoms with Gasteiger partial charge in [-0.2, -0.15) is 26.3 Å². The topological polar surface area (TPSA) is 63.7 Å². The molecule has 0 spiro atoms. The number of rotatable bonds is 8. The second kappa shape index (κ2) is 10.7. The van der Waals surface area contributed by atoms with Crippen LogP contribution in [0.1, 0.15) is 42.4 Å². The molecule has 1 unspecified atom stereocenters. The van der Waals surface area contributed by atoms with Crippen molar-refractivity contribution in [2.24, 2.45) is 0 Å². The maximum Gasteiger partial charge on any atom is 0.417 e. The number of benzene rings is 2. The van der Waals surface area contributed by atoms with Gasteiger partial charge in [-0.3, -0.25) is 4.79 Å². The number of sulfonamides is 1. The first kappa shape index (κ1) is 30.3. The molecule has 1 aliphatic rings. The lowest BCUT2D eigenvalue weighted by atomic mass is 9.78. The van der Waals surface area contributed by atoms with Crippen molar-refractivity contribution < 1.29 is 57.5 Å². The van der Waals surface area contributed by atoms with Crippen molar-refractivity contribution >= 4 is 21.5 Å². The maximum absolute atomic E-state index is 15.3. The lowest BCUT2D eigenvalue weighted by molar-refractivity contribution is -0.222. The third-order valence-electron chi connectivity index (χ3n) is 5.88. The summed E-state index contributed by atoms with van der Waals surface area (Å²) in [5.41, 5.74) is -6.03. The van der Waals surface area contributed by atoms with Crippen molar-refractivity contribution in [1.82, 2.24) is 4.31 Å². The van der Waals surface area contributed by atoms with Crippen LogP contribution in [0.5, 0.6) is 5.75 Å². The van der Waals surface area contributed by atoms with Crippen LogP contribution in [0.25, 0.3) is 5.57 Å². The van der Waals surface area contributed by atoms with Crippen LogP contribution in [0.4, 0.5) is 39.5 Å². The SMILES string of the molecule is CS(=O)(=O)N1C(=O)C=C(c2ccc(C(F)F)cc2)CC1(c1ccc(OCCCC(F)(F)F)cc1F)C(F)(F)F. The van der Waals surface area contributed by atoms with Gasteiger partial charge in [-0.25, -0.2) is 25.9 Å². The van der Waals surface area contributed by atoms with E-state index < -0.39 is 98.7 Å². The fourth-order valence-corrected chi connectivity index (χ4v) is 5.44. The monoisotopic (exact) mass is 589 g/mol. The predicted octanol–water partition coefficient (Wildman–Crippen LogP) is 6.52. The molecule has 0 saturated carbocycles. The zero-order chi connectivity index (χ0) is 29.4. The number of nitrogens with zero attached hydrogens (tertiary/aromatic N) is 1. The zero-order valence-electron chi connectivity index (χ0n) is 19.9. The molecule has 0 fully saturated rings. The maximum atomic E-state index is 15.3. The van der Waals surface area contributed by atoms with Gasteiger partial charge < -0.3 is 4.74 Å². The summed E-state index contributed by atoms with van der Waals surface area (Å²) in [7, 11) is -4.98. The Labute approximate surface area is 216 Å². The Morgan fingerprint density at radius 3 is 2.13 bits per heavy atom. The van der Waals surface area contributed by atoms with Gasteiger partial charge in [-0.1, -0.05) is 24.3 Å². The first-order chi connectivity index (χ1) is 17.9. The van der Waals surface area contributed by atoms with Gasteiger partial charge in [0, 0.05) is 36.1 Å². The van der Waals surface area contributed by atoms with Crippen LogP contribution in [0, 0.1) is 5.82 Å². The number of ether oxygens (including phenoxy) is 1. The Bertz CT molecular complexity index is 1350. The van der Waals surface area contributed by atoms with Crippen LogP contribution in [0.2, 0.25) is 0 Å². The molecule has 5 nitrogen and oxygen atoms in total. The third-order valence-corrected chi connectivity index (χ3v) is 7.04. The van der Waals surface area contributed by atoms with Crippen LogP contribution in [0.15, 0.2) is 48.5 Å². The van der Waals surface area contributed by atoms with Gasteiger partial charge in [0.05, 0.1) is 12.9 Å². The van der Waals surface area contributed by atoms with E-state index in [2.05, 4.69) is 0 Å². The van der Waals surface area contributed by atoms with Crippen molar-refractivity contribution in [3.8, 4) is 5.75 Å². The number of halogens is 9. The molecule has 2 aromatic rings. The second-order valence-corrected chi connectivity index (χ2v) is 10.5. The van der Waals surface area contributed by atoms with Gasteiger partial charge in [-0.05, 0) is 29.7 Å². The Morgan fingerprint density at radius 2 is 1.64 bits per heavy atom. The minimum atomic E-state index is -5.59. The van der Waals surface area contributed by atoms with E-state index in [9.17, 15) is 48.3 Å². The molecule has 0 radical (unpaired) electrons. The summed E-state index contributed by atoms with van der Waals surface area (Å²) < 4.78 is 152. The molecule has 3 rings (SSSR count). The van der Waals surface area contributed by atoms with E-state index in [0.29, 0.717) is 24.5 Å². The van der Waals surface area contributed by atoms with Crippen molar-refractivity contribution in [3.05, 3.63) is 71.0 Å². The van der Waals surface area contributed by atoms with Crippen LogP contribution >= 0.6 is 0 Å². The molecule has 39 heavy (non-hydrogen) atoms. The number of alkyl halides is 8. The molecule has 2 aromatic carbocycles. The van der Waals surface area contributed by atoms with Crippen LogP contribution in [0.3, 0.4) is 0 Å². The summed E-state index contributed by atoms with van der Waals surface area (Å²) >= 11 is 0. The Balaban J connectivity index is 2.11. The fourth-order valence-electron chi connectivity index (χ4n) is 4.23. The van der Waals surface area contributed by atoms with Crippen molar-refractivity contribution in [1.29, 1.82) is 0 Å². The van der Waals surface area contributed by atoms with Crippen LogP contribution in [-0.2, 0) is 20.4 Å².